The molecule has 1 amide bonds. The topological polar surface area (TPSA) is 73.9 Å². The first kappa shape index (κ1) is 17.1. The van der Waals surface area contributed by atoms with Crippen molar-refractivity contribution in [3.05, 3.63) is 46.5 Å². The zero-order valence-corrected chi connectivity index (χ0v) is 14.5. The Morgan fingerprint density at radius 3 is 2.64 bits per heavy atom. The first-order chi connectivity index (χ1) is 11.9. The van der Waals surface area contributed by atoms with E-state index >= 15 is 0 Å². The summed E-state index contributed by atoms with van der Waals surface area (Å²) in [7, 11) is 0. The van der Waals surface area contributed by atoms with Crippen molar-refractivity contribution < 1.29 is 23.8 Å². The number of ether oxygens (including phenoxy) is 3. The summed E-state index contributed by atoms with van der Waals surface area (Å²) < 4.78 is 16.0. The molecule has 0 saturated carbocycles. The predicted molar refractivity (Wildman–Crippen MR) is 92.9 cm³/mol. The summed E-state index contributed by atoms with van der Waals surface area (Å²) in [5.74, 6) is 0.762. The summed E-state index contributed by atoms with van der Waals surface area (Å²) in [5.41, 5.74) is 1.65. The number of fused-ring (bicyclic) bond motifs is 1. The molecule has 0 bridgehead atoms. The molecule has 0 radical (unpaired) electrons. The van der Waals surface area contributed by atoms with E-state index in [4.69, 9.17) is 25.8 Å². The third-order valence-corrected chi connectivity index (χ3v) is 3.92. The molecule has 0 aliphatic carbocycles. The minimum absolute atomic E-state index is 0.0824. The largest absolute Gasteiger partial charge is 0.482 e. The molecule has 25 heavy (non-hydrogen) atoms. The summed E-state index contributed by atoms with van der Waals surface area (Å²) >= 11 is 6.04. The highest BCUT2D eigenvalue weighted by atomic mass is 35.5. The Hall–Kier alpha value is -2.73. The van der Waals surface area contributed by atoms with E-state index < -0.39 is 5.91 Å². The predicted octanol–water partition coefficient (Wildman–Crippen LogP) is 3.60. The molecule has 0 unspecified atom stereocenters. The van der Waals surface area contributed by atoms with Gasteiger partial charge in [0.25, 0.3) is 5.91 Å². The van der Waals surface area contributed by atoms with Crippen molar-refractivity contribution in [2.75, 3.05) is 18.7 Å². The van der Waals surface area contributed by atoms with E-state index in [1.54, 1.807) is 24.3 Å². The van der Waals surface area contributed by atoms with E-state index in [9.17, 15) is 9.59 Å². The number of ketones is 1. The van der Waals surface area contributed by atoms with Crippen LogP contribution in [-0.4, -0.2) is 25.1 Å². The normalized spacial score (nSPS) is 12.0. The van der Waals surface area contributed by atoms with Gasteiger partial charge in [-0.1, -0.05) is 17.7 Å². The molecule has 0 fully saturated rings. The highest BCUT2D eigenvalue weighted by Crippen LogP contribution is 2.37. The number of hydrogen-bond donors (Lipinski definition) is 1. The molecule has 1 N–H and O–H groups in total. The maximum absolute atomic E-state index is 12.2. The molecule has 2 aromatic rings. The molecule has 0 atom stereocenters. The number of aryl methyl sites for hydroxylation is 1. The second-order valence-corrected chi connectivity index (χ2v) is 5.99. The number of Topliss-reactive ketones (excluding diaryl/α,β-unsaturated/α-hetero) is 1. The van der Waals surface area contributed by atoms with Crippen LogP contribution in [0.1, 0.15) is 22.8 Å². The molecule has 7 heteroatoms. The van der Waals surface area contributed by atoms with Crippen LogP contribution in [0.5, 0.6) is 17.2 Å². The van der Waals surface area contributed by atoms with Gasteiger partial charge in [-0.05, 0) is 37.6 Å². The van der Waals surface area contributed by atoms with Crippen LogP contribution in [0, 0.1) is 6.92 Å². The van der Waals surface area contributed by atoms with Gasteiger partial charge in [0.1, 0.15) is 5.75 Å². The Bertz CT molecular complexity index is 850. The molecule has 6 nitrogen and oxygen atoms in total. The van der Waals surface area contributed by atoms with Gasteiger partial charge in [0.2, 0.25) is 6.79 Å². The lowest BCUT2D eigenvalue weighted by molar-refractivity contribution is -0.118. The molecule has 2 aromatic carbocycles. The summed E-state index contributed by atoms with van der Waals surface area (Å²) in [6.45, 7) is 3.15. The monoisotopic (exact) mass is 361 g/mol. The fourth-order valence-corrected chi connectivity index (χ4v) is 2.56. The molecule has 1 aliphatic heterocycles. The van der Waals surface area contributed by atoms with Crippen molar-refractivity contribution in [1.29, 1.82) is 0 Å². The number of amides is 1. The number of carbonyl (C=O) groups excluding carboxylic acids is 2. The van der Waals surface area contributed by atoms with Crippen molar-refractivity contribution in [2.45, 2.75) is 13.8 Å². The number of nitrogens with one attached hydrogen (secondary N) is 1. The minimum atomic E-state index is -0.418. The van der Waals surface area contributed by atoms with E-state index in [1.165, 1.54) is 6.92 Å². The molecule has 130 valence electrons. The highest BCUT2D eigenvalue weighted by Gasteiger charge is 2.20. The molecule has 0 aromatic heterocycles. The quantitative estimate of drug-likeness (QED) is 0.824. The Morgan fingerprint density at radius 1 is 1.20 bits per heavy atom. The summed E-state index contributed by atoms with van der Waals surface area (Å²) in [5, 5.41) is 3.08. The lowest BCUT2D eigenvalue weighted by Gasteiger charge is -2.12. The molecule has 1 heterocycles. The van der Waals surface area contributed by atoms with Crippen LogP contribution >= 0.6 is 11.6 Å². The smallest absolute Gasteiger partial charge is 0.262 e. The van der Waals surface area contributed by atoms with Gasteiger partial charge in [0.15, 0.2) is 23.9 Å². The summed E-state index contributed by atoms with van der Waals surface area (Å²) in [6.07, 6.45) is 0. The van der Waals surface area contributed by atoms with Gasteiger partial charge in [-0.2, -0.15) is 0 Å². The zero-order chi connectivity index (χ0) is 18.0. The lowest BCUT2D eigenvalue weighted by atomic mass is 10.1. The Morgan fingerprint density at radius 2 is 1.92 bits per heavy atom. The van der Waals surface area contributed by atoms with Crippen molar-refractivity contribution in [3.63, 3.8) is 0 Å². The minimum Gasteiger partial charge on any atom is -0.482 e. The van der Waals surface area contributed by atoms with Gasteiger partial charge >= 0.3 is 0 Å². The average Bonchev–Trinajstić information content (AvgIpc) is 3.02. The van der Waals surface area contributed by atoms with Crippen LogP contribution in [0.4, 0.5) is 5.69 Å². The van der Waals surface area contributed by atoms with E-state index in [0.29, 0.717) is 33.5 Å². The van der Waals surface area contributed by atoms with Gasteiger partial charge in [0.05, 0.1) is 10.7 Å². The van der Waals surface area contributed by atoms with Crippen LogP contribution in [0.3, 0.4) is 0 Å². The van der Waals surface area contributed by atoms with Crippen molar-refractivity contribution >= 4 is 29.0 Å². The first-order valence-electron chi connectivity index (χ1n) is 7.57. The summed E-state index contributed by atoms with van der Waals surface area (Å²) in [4.78, 5) is 24.0. The van der Waals surface area contributed by atoms with Gasteiger partial charge in [0, 0.05) is 11.6 Å². The molecular weight excluding hydrogens is 346 g/mol. The Kier molecular flexibility index (Phi) is 4.81. The van der Waals surface area contributed by atoms with Crippen LogP contribution in [-0.2, 0) is 4.79 Å². The maximum Gasteiger partial charge on any atom is 0.262 e. The highest BCUT2D eigenvalue weighted by molar-refractivity contribution is 6.32. The Balaban J connectivity index is 1.72. The van der Waals surface area contributed by atoms with Gasteiger partial charge in [-0.3, -0.25) is 9.59 Å². The van der Waals surface area contributed by atoms with E-state index in [2.05, 4.69) is 5.32 Å². The Labute approximate surface area is 149 Å². The van der Waals surface area contributed by atoms with E-state index in [1.807, 2.05) is 13.0 Å². The SMILES string of the molecule is CC(=O)c1cc2c(cc1NC(=O)COc1cc(C)ccc1Cl)OCO2. The number of halogens is 1. The first-order valence-corrected chi connectivity index (χ1v) is 7.95. The third-order valence-electron chi connectivity index (χ3n) is 3.61. The summed E-state index contributed by atoms with van der Waals surface area (Å²) in [6, 6.07) is 8.42. The molecule has 0 saturated heterocycles. The van der Waals surface area contributed by atoms with Crippen molar-refractivity contribution in [2.24, 2.45) is 0 Å². The molecule has 0 spiro atoms. The second-order valence-electron chi connectivity index (χ2n) is 5.58. The third kappa shape index (κ3) is 3.85. The van der Waals surface area contributed by atoms with Crippen molar-refractivity contribution in [3.8, 4) is 17.2 Å². The maximum atomic E-state index is 12.2. The molecule has 3 rings (SSSR count). The van der Waals surface area contributed by atoms with E-state index in [-0.39, 0.29) is 19.2 Å². The standard InChI is InChI=1S/C18H16ClNO5/c1-10-3-4-13(19)15(5-10)23-8-18(22)20-14-7-17-16(24-9-25-17)6-12(14)11(2)21/h3-7H,8-9H2,1-2H3,(H,20,22). The number of hydrogen-bond acceptors (Lipinski definition) is 5. The van der Waals surface area contributed by atoms with E-state index in [0.717, 1.165) is 5.56 Å². The van der Waals surface area contributed by atoms with Gasteiger partial charge in [-0.15, -0.1) is 0 Å². The zero-order valence-electron chi connectivity index (χ0n) is 13.7. The number of carbonyl (C=O) groups is 2. The lowest BCUT2D eigenvalue weighted by Crippen LogP contribution is -2.21. The number of anilines is 1. The van der Waals surface area contributed by atoms with Crippen LogP contribution in [0.25, 0.3) is 0 Å². The molecule has 1 aliphatic rings. The fraction of sp³-hybridized carbons (Fsp3) is 0.222. The van der Waals surface area contributed by atoms with Crippen LogP contribution in [0.15, 0.2) is 30.3 Å². The number of benzene rings is 2. The van der Waals surface area contributed by atoms with Gasteiger partial charge < -0.3 is 19.5 Å². The van der Waals surface area contributed by atoms with Gasteiger partial charge in [-0.25, -0.2) is 0 Å². The van der Waals surface area contributed by atoms with Crippen molar-refractivity contribution in [1.82, 2.24) is 0 Å². The van der Waals surface area contributed by atoms with Crippen LogP contribution < -0.4 is 19.5 Å². The number of rotatable bonds is 5. The molecular formula is C18H16ClNO5. The van der Waals surface area contributed by atoms with Crippen LogP contribution in [0.2, 0.25) is 5.02 Å². The second kappa shape index (κ2) is 7.03. The average molecular weight is 362 g/mol. The fourth-order valence-electron chi connectivity index (χ4n) is 2.39.